The lowest BCUT2D eigenvalue weighted by Gasteiger charge is -2.47. The van der Waals surface area contributed by atoms with Crippen LogP contribution in [0, 0.1) is 18.7 Å². The maximum atomic E-state index is 14.1. The smallest absolute Gasteiger partial charge is 0.410 e. The van der Waals surface area contributed by atoms with E-state index in [1.165, 1.54) is 6.07 Å². The number of halogens is 1. The molecule has 1 amide bonds. The molecular formula is C20H26FNO4. The predicted octanol–water partition coefficient (Wildman–Crippen LogP) is 3.73. The van der Waals surface area contributed by atoms with Crippen LogP contribution in [-0.4, -0.2) is 47.7 Å². The summed E-state index contributed by atoms with van der Waals surface area (Å²) in [6.45, 7) is 8.06. The van der Waals surface area contributed by atoms with Gasteiger partial charge in [-0.2, -0.15) is 0 Å². The van der Waals surface area contributed by atoms with Crippen molar-refractivity contribution in [2.45, 2.75) is 58.2 Å². The number of carbonyl (C=O) groups is 2. The van der Waals surface area contributed by atoms with E-state index in [1.54, 1.807) is 17.0 Å². The van der Waals surface area contributed by atoms with Gasteiger partial charge in [0.1, 0.15) is 11.4 Å². The van der Waals surface area contributed by atoms with Gasteiger partial charge in [-0.05, 0) is 52.7 Å². The highest BCUT2D eigenvalue weighted by atomic mass is 19.1. The number of hydrogen-bond acceptors (Lipinski definition) is 4. The third kappa shape index (κ3) is 3.90. The molecule has 26 heavy (non-hydrogen) atoms. The van der Waals surface area contributed by atoms with Crippen molar-refractivity contribution in [3.05, 3.63) is 35.1 Å². The zero-order valence-electron chi connectivity index (χ0n) is 15.8. The van der Waals surface area contributed by atoms with Crippen molar-refractivity contribution in [3.8, 4) is 0 Å². The van der Waals surface area contributed by atoms with Crippen molar-refractivity contribution in [1.29, 1.82) is 0 Å². The van der Waals surface area contributed by atoms with E-state index in [0.29, 0.717) is 26.1 Å². The Hall–Kier alpha value is -1.95. The molecule has 0 aliphatic carbocycles. The molecule has 0 radical (unpaired) electrons. The van der Waals surface area contributed by atoms with Gasteiger partial charge in [-0.1, -0.05) is 11.6 Å². The van der Waals surface area contributed by atoms with Crippen LogP contribution in [0.4, 0.5) is 9.18 Å². The molecule has 142 valence electrons. The van der Waals surface area contributed by atoms with Gasteiger partial charge in [-0.3, -0.25) is 9.69 Å². The molecule has 0 aromatic heterocycles. The maximum absolute atomic E-state index is 14.1. The molecular weight excluding hydrogens is 337 g/mol. The van der Waals surface area contributed by atoms with Crippen LogP contribution in [0.2, 0.25) is 0 Å². The highest BCUT2D eigenvalue weighted by Gasteiger charge is 2.45. The standard InChI is InChI=1S/C20H26FNO4/c1-12-5-6-17(21)16(7-12)18(23)13-8-14-10-25-11-15(9-13)22(14)19(24)26-20(2,3)4/h5-7,13-15H,8-11H2,1-4H3. The van der Waals surface area contributed by atoms with E-state index in [-0.39, 0.29) is 35.4 Å². The van der Waals surface area contributed by atoms with Gasteiger partial charge in [0.15, 0.2) is 5.78 Å². The van der Waals surface area contributed by atoms with Crippen molar-refractivity contribution in [3.63, 3.8) is 0 Å². The first-order valence-corrected chi connectivity index (χ1v) is 9.05. The van der Waals surface area contributed by atoms with Crippen LogP contribution in [0.15, 0.2) is 18.2 Å². The average Bonchev–Trinajstić information content (AvgIpc) is 2.53. The van der Waals surface area contributed by atoms with E-state index in [0.717, 1.165) is 5.56 Å². The minimum absolute atomic E-state index is 0.139. The molecule has 0 saturated carbocycles. The molecule has 0 N–H and O–H groups in total. The van der Waals surface area contributed by atoms with Crippen LogP contribution in [0.25, 0.3) is 0 Å². The van der Waals surface area contributed by atoms with Crippen molar-refractivity contribution < 1.29 is 23.5 Å². The molecule has 2 unspecified atom stereocenters. The largest absolute Gasteiger partial charge is 0.444 e. The number of amides is 1. The Morgan fingerprint density at radius 2 is 1.81 bits per heavy atom. The summed E-state index contributed by atoms with van der Waals surface area (Å²) in [4.78, 5) is 27.2. The maximum Gasteiger partial charge on any atom is 0.410 e. The van der Waals surface area contributed by atoms with E-state index < -0.39 is 11.4 Å². The lowest BCUT2D eigenvalue weighted by atomic mass is 9.80. The summed E-state index contributed by atoms with van der Waals surface area (Å²) in [6, 6.07) is 4.14. The molecule has 0 spiro atoms. The van der Waals surface area contributed by atoms with Crippen LogP contribution in [0.5, 0.6) is 0 Å². The SMILES string of the molecule is Cc1ccc(F)c(C(=O)C2CC3COCC(C2)N3C(=O)OC(C)(C)C)c1. The first kappa shape index (κ1) is 18.8. The Morgan fingerprint density at radius 1 is 1.19 bits per heavy atom. The number of piperidine rings is 1. The molecule has 2 saturated heterocycles. The number of carbonyl (C=O) groups excluding carboxylic acids is 2. The number of hydrogen-bond donors (Lipinski definition) is 0. The third-order valence-electron chi connectivity index (χ3n) is 4.88. The van der Waals surface area contributed by atoms with E-state index in [1.807, 2.05) is 27.7 Å². The van der Waals surface area contributed by atoms with Crippen LogP contribution in [0.3, 0.4) is 0 Å². The summed E-state index contributed by atoms with van der Waals surface area (Å²) in [5, 5.41) is 0. The molecule has 2 heterocycles. The van der Waals surface area contributed by atoms with E-state index in [9.17, 15) is 14.0 Å². The second-order valence-corrected chi connectivity index (χ2v) is 8.25. The van der Waals surface area contributed by atoms with Crippen molar-refractivity contribution in [2.75, 3.05) is 13.2 Å². The fourth-order valence-electron chi connectivity index (χ4n) is 3.79. The summed E-state index contributed by atoms with van der Waals surface area (Å²) in [5.41, 5.74) is 0.410. The van der Waals surface area contributed by atoms with Crippen LogP contribution < -0.4 is 0 Å². The van der Waals surface area contributed by atoms with E-state index in [4.69, 9.17) is 9.47 Å². The summed E-state index contributed by atoms with van der Waals surface area (Å²) in [6.07, 6.45) is 0.549. The Balaban J connectivity index is 1.78. The summed E-state index contributed by atoms with van der Waals surface area (Å²) >= 11 is 0. The molecule has 2 fully saturated rings. The molecule has 1 aromatic carbocycles. The monoisotopic (exact) mass is 363 g/mol. The highest BCUT2D eigenvalue weighted by molar-refractivity contribution is 5.98. The summed E-state index contributed by atoms with van der Waals surface area (Å²) in [5.74, 6) is -0.993. The second kappa shape index (κ2) is 6.99. The van der Waals surface area contributed by atoms with Gasteiger partial charge in [0.25, 0.3) is 0 Å². The number of ether oxygens (including phenoxy) is 2. The van der Waals surface area contributed by atoms with Gasteiger partial charge < -0.3 is 9.47 Å². The molecule has 1 aromatic rings. The van der Waals surface area contributed by atoms with Crippen LogP contribution in [-0.2, 0) is 9.47 Å². The first-order chi connectivity index (χ1) is 12.2. The fraction of sp³-hybridized carbons (Fsp3) is 0.600. The normalized spacial score (nSPS) is 25.7. The minimum atomic E-state index is -0.580. The van der Waals surface area contributed by atoms with Crippen LogP contribution in [0.1, 0.15) is 49.5 Å². The molecule has 5 nitrogen and oxygen atoms in total. The Bertz CT molecular complexity index is 698. The second-order valence-electron chi connectivity index (χ2n) is 8.25. The minimum Gasteiger partial charge on any atom is -0.444 e. The predicted molar refractivity (Wildman–Crippen MR) is 94.7 cm³/mol. The zero-order valence-corrected chi connectivity index (χ0v) is 15.8. The number of fused-ring (bicyclic) bond motifs is 2. The molecule has 2 aliphatic heterocycles. The molecule has 6 heteroatoms. The molecule has 2 aliphatic rings. The summed E-state index contributed by atoms with van der Waals surface area (Å²) in [7, 11) is 0. The van der Waals surface area contributed by atoms with Gasteiger partial charge >= 0.3 is 6.09 Å². The van der Waals surface area contributed by atoms with Gasteiger partial charge in [0.05, 0.1) is 30.9 Å². The lowest BCUT2D eigenvalue weighted by molar-refractivity contribution is -0.0861. The molecule has 3 rings (SSSR count). The fourth-order valence-corrected chi connectivity index (χ4v) is 3.79. The number of rotatable bonds is 2. The topological polar surface area (TPSA) is 55.8 Å². The van der Waals surface area contributed by atoms with Gasteiger partial charge in [0, 0.05) is 5.92 Å². The van der Waals surface area contributed by atoms with Crippen molar-refractivity contribution >= 4 is 11.9 Å². The van der Waals surface area contributed by atoms with Gasteiger partial charge in [0.2, 0.25) is 0 Å². The van der Waals surface area contributed by atoms with Crippen molar-refractivity contribution in [1.82, 2.24) is 4.90 Å². The number of ketones is 1. The first-order valence-electron chi connectivity index (χ1n) is 9.05. The highest BCUT2D eigenvalue weighted by Crippen LogP contribution is 2.35. The number of aryl methyl sites for hydroxylation is 1. The third-order valence-corrected chi connectivity index (χ3v) is 4.88. The Labute approximate surface area is 153 Å². The average molecular weight is 363 g/mol. The molecule has 2 bridgehead atoms. The number of nitrogens with zero attached hydrogens (tertiary/aromatic N) is 1. The van der Waals surface area contributed by atoms with E-state index in [2.05, 4.69) is 0 Å². The van der Waals surface area contributed by atoms with Gasteiger partial charge in [-0.25, -0.2) is 9.18 Å². The quantitative estimate of drug-likeness (QED) is 0.751. The molecule has 2 atom stereocenters. The zero-order chi connectivity index (χ0) is 19.1. The van der Waals surface area contributed by atoms with Crippen molar-refractivity contribution in [2.24, 2.45) is 5.92 Å². The lowest BCUT2D eigenvalue weighted by Crippen LogP contribution is -2.60. The van der Waals surface area contributed by atoms with Gasteiger partial charge in [-0.15, -0.1) is 0 Å². The Morgan fingerprint density at radius 3 is 2.38 bits per heavy atom. The van der Waals surface area contributed by atoms with Crippen LogP contribution >= 0.6 is 0 Å². The Kier molecular flexibility index (Phi) is 5.06. The number of benzene rings is 1. The number of morpholine rings is 1. The van der Waals surface area contributed by atoms with E-state index >= 15 is 0 Å². The summed E-state index contributed by atoms with van der Waals surface area (Å²) < 4.78 is 25.2. The number of Topliss-reactive ketones (excluding diaryl/α,β-unsaturated/α-hetero) is 1.